The van der Waals surface area contributed by atoms with Crippen LogP contribution in [0, 0.1) is 0 Å². The van der Waals surface area contributed by atoms with Crippen molar-refractivity contribution in [3.05, 3.63) is 44.1 Å². The van der Waals surface area contributed by atoms with E-state index in [2.05, 4.69) is 55.4 Å². The average Bonchev–Trinajstić information content (AvgIpc) is 2.76. The number of nitrogens with zero attached hydrogens (tertiary/aromatic N) is 2. The molecule has 1 heterocycles. The molecule has 0 amide bonds. The predicted octanol–water partition coefficient (Wildman–Crippen LogP) is 3.50. The molecule has 20 heavy (non-hydrogen) atoms. The minimum Gasteiger partial charge on any atom is -0.506 e. The fourth-order valence-electron chi connectivity index (χ4n) is 2.09. The lowest BCUT2D eigenvalue weighted by molar-refractivity contribution is 0.468. The van der Waals surface area contributed by atoms with Gasteiger partial charge in [0.15, 0.2) is 0 Å². The van der Waals surface area contributed by atoms with Crippen molar-refractivity contribution < 1.29 is 5.11 Å². The van der Waals surface area contributed by atoms with Crippen molar-refractivity contribution in [3.63, 3.8) is 0 Å². The van der Waals surface area contributed by atoms with Crippen LogP contribution in [-0.2, 0) is 26.6 Å². The number of halogens is 2. The summed E-state index contributed by atoms with van der Waals surface area (Å²) in [6, 6.07) is 3.83. The molecule has 108 valence electrons. The van der Waals surface area contributed by atoms with Crippen LogP contribution in [0.3, 0.4) is 0 Å². The van der Waals surface area contributed by atoms with Gasteiger partial charge in [-0.1, -0.05) is 6.92 Å². The van der Waals surface area contributed by atoms with Gasteiger partial charge in [0.05, 0.1) is 14.6 Å². The summed E-state index contributed by atoms with van der Waals surface area (Å²) >= 11 is 6.68. The SMILES string of the molecule is CCc1nn(C)cc1CNCc1cc(Br)c(O)c(Br)c1. The first-order valence-electron chi connectivity index (χ1n) is 6.40. The number of aromatic hydroxyl groups is 1. The van der Waals surface area contributed by atoms with Gasteiger partial charge in [0.25, 0.3) is 0 Å². The first-order valence-corrected chi connectivity index (χ1v) is 7.98. The molecule has 0 spiro atoms. The third kappa shape index (κ3) is 3.62. The summed E-state index contributed by atoms with van der Waals surface area (Å²) < 4.78 is 3.24. The van der Waals surface area contributed by atoms with E-state index in [1.165, 1.54) is 5.56 Å². The second kappa shape index (κ2) is 6.74. The second-order valence-corrected chi connectivity index (χ2v) is 6.35. The molecule has 0 unspecified atom stereocenters. The highest BCUT2D eigenvalue weighted by molar-refractivity contribution is 9.11. The third-order valence-electron chi connectivity index (χ3n) is 3.05. The second-order valence-electron chi connectivity index (χ2n) is 4.64. The summed E-state index contributed by atoms with van der Waals surface area (Å²) in [7, 11) is 1.94. The first kappa shape index (κ1) is 15.5. The normalized spacial score (nSPS) is 11.0. The van der Waals surface area contributed by atoms with Gasteiger partial charge < -0.3 is 10.4 Å². The maximum atomic E-state index is 9.68. The summed E-state index contributed by atoms with van der Waals surface area (Å²) in [5.41, 5.74) is 3.46. The van der Waals surface area contributed by atoms with Crippen molar-refractivity contribution in [1.82, 2.24) is 15.1 Å². The molecule has 0 aliphatic carbocycles. The van der Waals surface area contributed by atoms with Crippen molar-refractivity contribution in [1.29, 1.82) is 0 Å². The molecule has 0 bridgehead atoms. The Labute approximate surface area is 135 Å². The molecule has 0 aliphatic heterocycles. The Morgan fingerprint density at radius 3 is 2.50 bits per heavy atom. The summed E-state index contributed by atoms with van der Waals surface area (Å²) in [6.07, 6.45) is 2.99. The van der Waals surface area contributed by atoms with E-state index in [-0.39, 0.29) is 5.75 Å². The minimum absolute atomic E-state index is 0.231. The number of phenols is 1. The maximum absolute atomic E-state index is 9.68. The highest BCUT2D eigenvalue weighted by atomic mass is 79.9. The van der Waals surface area contributed by atoms with E-state index in [9.17, 15) is 5.11 Å². The molecule has 1 aromatic carbocycles. The van der Waals surface area contributed by atoms with Gasteiger partial charge in [-0.05, 0) is 56.0 Å². The molecule has 0 saturated heterocycles. The molecule has 6 heteroatoms. The summed E-state index contributed by atoms with van der Waals surface area (Å²) in [5, 5.41) is 17.5. The summed E-state index contributed by atoms with van der Waals surface area (Å²) in [6.45, 7) is 3.63. The van der Waals surface area contributed by atoms with Crippen LogP contribution in [-0.4, -0.2) is 14.9 Å². The average molecular weight is 403 g/mol. The number of hydrogen-bond acceptors (Lipinski definition) is 3. The number of aryl methyl sites for hydroxylation is 2. The molecule has 2 aromatic rings. The molecule has 0 radical (unpaired) electrons. The lowest BCUT2D eigenvalue weighted by Gasteiger charge is -2.07. The fraction of sp³-hybridized carbons (Fsp3) is 0.357. The Morgan fingerprint density at radius 1 is 1.25 bits per heavy atom. The number of rotatable bonds is 5. The van der Waals surface area contributed by atoms with Gasteiger partial charge in [0.2, 0.25) is 0 Å². The van der Waals surface area contributed by atoms with Crippen LogP contribution in [0.1, 0.15) is 23.7 Å². The zero-order valence-electron chi connectivity index (χ0n) is 11.5. The largest absolute Gasteiger partial charge is 0.506 e. The van der Waals surface area contributed by atoms with Gasteiger partial charge in [-0.15, -0.1) is 0 Å². The Bertz CT molecular complexity index is 587. The molecule has 1 aromatic heterocycles. The van der Waals surface area contributed by atoms with Crippen LogP contribution >= 0.6 is 31.9 Å². The summed E-state index contributed by atoms with van der Waals surface area (Å²) in [4.78, 5) is 0. The number of hydrogen-bond donors (Lipinski definition) is 2. The first-order chi connectivity index (χ1) is 9.51. The molecule has 2 N–H and O–H groups in total. The summed E-state index contributed by atoms with van der Waals surface area (Å²) in [5.74, 6) is 0.231. The van der Waals surface area contributed by atoms with E-state index in [0.717, 1.165) is 30.8 Å². The van der Waals surface area contributed by atoms with Gasteiger partial charge in [0.1, 0.15) is 5.75 Å². The van der Waals surface area contributed by atoms with Crippen molar-refractivity contribution in [2.75, 3.05) is 0 Å². The molecule has 4 nitrogen and oxygen atoms in total. The molecule has 0 saturated carbocycles. The predicted molar refractivity (Wildman–Crippen MR) is 86.6 cm³/mol. The monoisotopic (exact) mass is 401 g/mol. The van der Waals surface area contributed by atoms with Crippen LogP contribution in [0.5, 0.6) is 5.75 Å². The Morgan fingerprint density at radius 2 is 1.90 bits per heavy atom. The van der Waals surface area contributed by atoms with E-state index in [0.29, 0.717) is 8.95 Å². The van der Waals surface area contributed by atoms with Gasteiger partial charge >= 0.3 is 0 Å². The third-order valence-corrected chi connectivity index (χ3v) is 4.26. The fourth-order valence-corrected chi connectivity index (χ4v) is 3.37. The van der Waals surface area contributed by atoms with Crippen molar-refractivity contribution in [2.45, 2.75) is 26.4 Å². The molecular formula is C14H17Br2N3O. The van der Waals surface area contributed by atoms with E-state index in [4.69, 9.17) is 0 Å². The number of benzene rings is 1. The van der Waals surface area contributed by atoms with E-state index in [1.54, 1.807) is 0 Å². The lowest BCUT2D eigenvalue weighted by atomic mass is 10.2. The van der Waals surface area contributed by atoms with Crippen LogP contribution in [0.25, 0.3) is 0 Å². The van der Waals surface area contributed by atoms with Crippen LogP contribution in [0.15, 0.2) is 27.3 Å². The zero-order chi connectivity index (χ0) is 14.7. The molecule has 0 fully saturated rings. The topological polar surface area (TPSA) is 50.1 Å². The van der Waals surface area contributed by atoms with Gasteiger partial charge in [-0.25, -0.2) is 0 Å². The number of phenolic OH excluding ortho intramolecular Hbond substituents is 1. The molecule has 0 atom stereocenters. The van der Waals surface area contributed by atoms with Gasteiger partial charge in [-0.3, -0.25) is 4.68 Å². The zero-order valence-corrected chi connectivity index (χ0v) is 14.6. The van der Waals surface area contributed by atoms with Gasteiger partial charge in [0, 0.05) is 31.9 Å². The van der Waals surface area contributed by atoms with Gasteiger partial charge in [-0.2, -0.15) is 5.10 Å². The van der Waals surface area contributed by atoms with Crippen LogP contribution in [0.4, 0.5) is 0 Å². The molecular weight excluding hydrogens is 386 g/mol. The maximum Gasteiger partial charge on any atom is 0.143 e. The minimum atomic E-state index is 0.231. The smallest absolute Gasteiger partial charge is 0.143 e. The van der Waals surface area contributed by atoms with Crippen molar-refractivity contribution in [3.8, 4) is 5.75 Å². The van der Waals surface area contributed by atoms with Crippen LogP contribution in [0.2, 0.25) is 0 Å². The highest BCUT2D eigenvalue weighted by Gasteiger charge is 2.07. The van der Waals surface area contributed by atoms with Crippen molar-refractivity contribution in [2.24, 2.45) is 7.05 Å². The molecule has 2 rings (SSSR count). The standard InChI is InChI=1S/C14H17Br2N3O/c1-3-13-10(8-19(2)18-13)7-17-6-9-4-11(15)14(20)12(16)5-9/h4-5,8,17,20H,3,6-7H2,1-2H3. The Balaban J connectivity index is 1.99. The Kier molecular flexibility index (Phi) is 5.23. The highest BCUT2D eigenvalue weighted by Crippen LogP contribution is 2.33. The van der Waals surface area contributed by atoms with E-state index < -0.39 is 0 Å². The number of nitrogens with one attached hydrogen (secondary N) is 1. The van der Waals surface area contributed by atoms with Crippen LogP contribution < -0.4 is 5.32 Å². The number of aromatic nitrogens is 2. The lowest BCUT2D eigenvalue weighted by Crippen LogP contribution is -2.13. The van der Waals surface area contributed by atoms with E-state index in [1.807, 2.05) is 23.9 Å². The van der Waals surface area contributed by atoms with E-state index >= 15 is 0 Å². The quantitative estimate of drug-likeness (QED) is 0.804. The van der Waals surface area contributed by atoms with Crippen molar-refractivity contribution >= 4 is 31.9 Å². The molecule has 0 aliphatic rings. The Hall–Kier alpha value is -0.850.